The molecular weight excluding hydrogens is 180 g/mol. The first kappa shape index (κ1) is 10.2. The Morgan fingerprint density at radius 2 is 1.87 bits per heavy atom. The Labute approximate surface area is 92.3 Å². The highest BCUT2D eigenvalue weighted by Gasteiger charge is 2.14. The summed E-state index contributed by atoms with van der Waals surface area (Å²) < 4.78 is 0. The zero-order chi connectivity index (χ0) is 10.7. The van der Waals surface area contributed by atoms with Gasteiger partial charge < -0.3 is 0 Å². The summed E-state index contributed by atoms with van der Waals surface area (Å²) in [5.41, 5.74) is 2.99. The van der Waals surface area contributed by atoms with Gasteiger partial charge in [-0.1, -0.05) is 68.0 Å². The summed E-state index contributed by atoms with van der Waals surface area (Å²) in [6, 6.07) is 10.8. The Hall–Kier alpha value is -1.30. The molecule has 0 heteroatoms. The van der Waals surface area contributed by atoms with Crippen molar-refractivity contribution >= 4 is 0 Å². The fourth-order valence-electron chi connectivity index (χ4n) is 2.06. The number of rotatable bonds is 2. The van der Waals surface area contributed by atoms with Crippen molar-refractivity contribution in [2.45, 2.75) is 26.2 Å². The van der Waals surface area contributed by atoms with Crippen molar-refractivity contribution in [1.82, 2.24) is 0 Å². The standard InChI is InChI=1S/C15H18/c1-12(2)14-9-6-10-15(11-14)13-7-4-3-5-8-13/h3-10,12,15H,11H2,1-2H3. The molecule has 1 aromatic carbocycles. The van der Waals surface area contributed by atoms with Crippen LogP contribution in [0.3, 0.4) is 0 Å². The lowest BCUT2D eigenvalue weighted by Gasteiger charge is -2.21. The average molecular weight is 198 g/mol. The van der Waals surface area contributed by atoms with Crippen LogP contribution in [0.4, 0.5) is 0 Å². The molecule has 1 unspecified atom stereocenters. The lowest BCUT2D eigenvalue weighted by atomic mass is 9.84. The van der Waals surface area contributed by atoms with E-state index in [4.69, 9.17) is 0 Å². The summed E-state index contributed by atoms with van der Waals surface area (Å²) in [5.74, 6) is 1.25. The van der Waals surface area contributed by atoms with Crippen LogP contribution < -0.4 is 0 Å². The van der Waals surface area contributed by atoms with Gasteiger partial charge in [-0.05, 0) is 17.9 Å². The Bertz CT molecular complexity index is 368. The largest absolute Gasteiger partial charge is 0.0767 e. The molecule has 1 aliphatic carbocycles. The second-order valence-corrected chi connectivity index (χ2v) is 4.50. The number of hydrogen-bond donors (Lipinski definition) is 0. The van der Waals surface area contributed by atoms with E-state index in [1.165, 1.54) is 12.0 Å². The molecule has 0 radical (unpaired) electrons. The average Bonchev–Trinajstić information content (AvgIpc) is 2.30. The molecule has 2 rings (SSSR count). The Morgan fingerprint density at radius 1 is 1.13 bits per heavy atom. The van der Waals surface area contributed by atoms with Crippen molar-refractivity contribution in [1.29, 1.82) is 0 Å². The molecule has 0 spiro atoms. The van der Waals surface area contributed by atoms with Crippen molar-refractivity contribution in [2.75, 3.05) is 0 Å². The third kappa shape index (κ3) is 2.38. The molecule has 0 N–H and O–H groups in total. The summed E-state index contributed by atoms with van der Waals surface area (Å²) in [4.78, 5) is 0. The van der Waals surface area contributed by atoms with Crippen molar-refractivity contribution < 1.29 is 0 Å². The highest BCUT2D eigenvalue weighted by atomic mass is 14.2. The zero-order valence-electron chi connectivity index (χ0n) is 9.48. The van der Waals surface area contributed by atoms with Gasteiger partial charge in [0.05, 0.1) is 0 Å². The number of allylic oxidation sites excluding steroid dienone is 4. The van der Waals surface area contributed by atoms with E-state index in [0.29, 0.717) is 11.8 Å². The molecule has 0 saturated carbocycles. The van der Waals surface area contributed by atoms with Crippen LogP contribution in [0.1, 0.15) is 31.7 Å². The van der Waals surface area contributed by atoms with E-state index in [9.17, 15) is 0 Å². The highest BCUT2D eigenvalue weighted by Crippen LogP contribution is 2.31. The van der Waals surface area contributed by atoms with Gasteiger partial charge in [-0.2, -0.15) is 0 Å². The Morgan fingerprint density at radius 3 is 2.53 bits per heavy atom. The van der Waals surface area contributed by atoms with Crippen LogP contribution in [0, 0.1) is 5.92 Å². The predicted molar refractivity (Wildman–Crippen MR) is 65.9 cm³/mol. The van der Waals surface area contributed by atoms with E-state index < -0.39 is 0 Å². The van der Waals surface area contributed by atoms with E-state index in [2.05, 4.69) is 62.4 Å². The van der Waals surface area contributed by atoms with Crippen LogP contribution in [0.25, 0.3) is 0 Å². The van der Waals surface area contributed by atoms with Crippen LogP contribution in [0.5, 0.6) is 0 Å². The predicted octanol–water partition coefficient (Wildman–Crippen LogP) is 4.31. The second kappa shape index (κ2) is 4.48. The molecule has 0 bridgehead atoms. The number of hydrogen-bond acceptors (Lipinski definition) is 0. The fraction of sp³-hybridized carbons (Fsp3) is 0.333. The molecule has 0 heterocycles. The molecule has 0 amide bonds. The van der Waals surface area contributed by atoms with Crippen molar-refractivity contribution in [3.8, 4) is 0 Å². The van der Waals surface area contributed by atoms with Crippen molar-refractivity contribution in [2.24, 2.45) is 5.92 Å². The smallest absolute Gasteiger partial charge is 0.00584 e. The summed E-state index contributed by atoms with van der Waals surface area (Å²) in [7, 11) is 0. The molecule has 15 heavy (non-hydrogen) atoms. The molecule has 0 aromatic heterocycles. The van der Waals surface area contributed by atoms with Crippen LogP contribution in [-0.2, 0) is 0 Å². The van der Waals surface area contributed by atoms with E-state index in [1.807, 2.05) is 0 Å². The lowest BCUT2D eigenvalue weighted by molar-refractivity contribution is 0.672. The minimum Gasteiger partial charge on any atom is -0.0767 e. The second-order valence-electron chi connectivity index (χ2n) is 4.50. The van der Waals surface area contributed by atoms with Crippen LogP contribution in [-0.4, -0.2) is 0 Å². The first-order valence-electron chi connectivity index (χ1n) is 5.69. The highest BCUT2D eigenvalue weighted by molar-refractivity contribution is 5.32. The monoisotopic (exact) mass is 198 g/mol. The van der Waals surface area contributed by atoms with Crippen LogP contribution >= 0.6 is 0 Å². The van der Waals surface area contributed by atoms with E-state index in [-0.39, 0.29) is 0 Å². The van der Waals surface area contributed by atoms with Crippen molar-refractivity contribution in [3.05, 3.63) is 59.7 Å². The van der Waals surface area contributed by atoms with Gasteiger partial charge in [-0.3, -0.25) is 0 Å². The van der Waals surface area contributed by atoms with Crippen LogP contribution in [0.2, 0.25) is 0 Å². The molecule has 0 aliphatic heterocycles. The quantitative estimate of drug-likeness (QED) is 0.664. The molecule has 1 aliphatic rings. The maximum atomic E-state index is 2.31. The molecule has 0 saturated heterocycles. The maximum Gasteiger partial charge on any atom is 0.00584 e. The molecular formula is C15H18. The first-order valence-corrected chi connectivity index (χ1v) is 5.69. The van der Waals surface area contributed by atoms with E-state index in [0.717, 1.165) is 0 Å². The molecule has 1 aromatic rings. The third-order valence-electron chi connectivity index (χ3n) is 3.08. The summed E-state index contributed by atoms with van der Waals surface area (Å²) in [6.45, 7) is 4.54. The van der Waals surface area contributed by atoms with Gasteiger partial charge in [0, 0.05) is 5.92 Å². The Balaban J connectivity index is 2.16. The molecule has 78 valence electrons. The lowest BCUT2D eigenvalue weighted by Crippen LogP contribution is -2.04. The van der Waals surface area contributed by atoms with Gasteiger partial charge in [0.15, 0.2) is 0 Å². The van der Waals surface area contributed by atoms with Gasteiger partial charge in [0.25, 0.3) is 0 Å². The molecule has 0 fully saturated rings. The number of benzene rings is 1. The SMILES string of the molecule is CC(C)C1=CC=CC(c2ccccc2)C1. The summed E-state index contributed by atoms with van der Waals surface area (Å²) in [6.07, 6.45) is 7.96. The Kier molecular flexibility index (Phi) is 3.05. The van der Waals surface area contributed by atoms with E-state index >= 15 is 0 Å². The summed E-state index contributed by atoms with van der Waals surface area (Å²) in [5, 5.41) is 0. The third-order valence-corrected chi connectivity index (χ3v) is 3.08. The van der Waals surface area contributed by atoms with Gasteiger partial charge in [0.2, 0.25) is 0 Å². The minimum absolute atomic E-state index is 0.577. The first-order chi connectivity index (χ1) is 7.27. The molecule has 0 nitrogen and oxygen atoms in total. The van der Waals surface area contributed by atoms with Gasteiger partial charge in [-0.15, -0.1) is 0 Å². The van der Waals surface area contributed by atoms with Gasteiger partial charge in [0.1, 0.15) is 0 Å². The topological polar surface area (TPSA) is 0 Å². The zero-order valence-corrected chi connectivity index (χ0v) is 9.48. The van der Waals surface area contributed by atoms with E-state index in [1.54, 1.807) is 5.57 Å². The van der Waals surface area contributed by atoms with Crippen molar-refractivity contribution in [3.63, 3.8) is 0 Å². The van der Waals surface area contributed by atoms with Crippen LogP contribution in [0.15, 0.2) is 54.1 Å². The fourth-order valence-corrected chi connectivity index (χ4v) is 2.06. The van der Waals surface area contributed by atoms with Gasteiger partial charge >= 0.3 is 0 Å². The normalized spacial score (nSPS) is 20.5. The summed E-state index contributed by atoms with van der Waals surface area (Å²) >= 11 is 0. The minimum atomic E-state index is 0.577. The maximum absolute atomic E-state index is 2.31. The molecule has 1 atom stereocenters. The van der Waals surface area contributed by atoms with Gasteiger partial charge in [-0.25, -0.2) is 0 Å².